The van der Waals surface area contributed by atoms with E-state index in [2.05, 4.69) is 15.3 Å². The van der Waals surface area contributed by atoms with Crippen molar-refractivity contribution < 1.29 is 13.9 Å². The van der Waals surface area contributed by atoms with Gasteiger partial charge in [0.25, 0.3) is 5.91 Å². The number of rotatable bonds is 3. The normalized spacial score (nSPS) is 16.9. The lowest BCUT2D eigenvalue weighted by atomic mass is 10.1. The number of pyridine rings is 2. The molecular formula is C22H21N5O3. The van der Waals surface area contributed by atoms with Crippen LogP contribution < -0.4 is 0 Å². The molecule has 0 aliphatic carbocycles. The highest BCUT2D eigenvalue weighted by atomic mass is 16.5. The molecule has 1 amide bonds. The Labute approximate surface area is 173 Å². The molecule has 1 atom stereocenters. The van der Waals surface area contributed by atoms with Crippen molar-refractivity contribution in [3.05, 3.63) is 71.7 Å². The molecule has 1 aliphatic rings. The molecule has 1 fully saturated rings. The van der Waals surface area contributed by atoms with Gasteiger partial charge < -0.3 is 14.1 Å². The average molecular weight is 403 g/mol. The maximum atomic E-state index is 13.0. The molecule has 0 N–H and O–H groups in total. The summed E-state index contributed by atoms with van der Waals surface area (Å²) in [6.07, 6.45) is 5.12. The highest BCUT2D eigenvalue weighted by molar-refractivity contribution is 5.95. The molecule has 0 unspecified atom stereocenters. The van der Waals surface area contributed by atoms with Crippen LogP contribution in [0.15, 0.2) is 53.3 Å². The van der Waals surface area contributed by atoms with Crippen LogP contribution in [-0.2, 0) is 4.74 Å². The summed E-state index contributed by atoms with van der Waals surface area (Å²) < 4.78 is 13.2. The van der Waals surface area contributed by atoms with Crippen LogP contribution in [-0.4, -0.2) is 50.3 Å². The Hall–Kier alpha value is -3.52. The predicted molar refractivity (Wildman–Crippen MR) is 109 cm³/mol. The van der Waals surface area contributed by atoms with Crippen LogP contribution in [0.25, 0.3) is 16.6 Å². The summed E-state index contributed by atoms with van der Waals surface area (Å²) in [5.41, 5.74) is 4.27. The Balaban J connectivity index is 1.41. The molecule has 1 saturated heterocycles. The van der Waals surface area contributed by atoms with E-state index in [-0.39, 0.29) is 12.0 Å². The molecular weight excluding hydrogens is 382 g/mol. The van der Waals surface area contributed by atoms with Gasteiger partial charge in [-0.15, -0.1) is 5.10 Å². The van der Waals surface area contributed by atoms with E-state index in [1.807, 2.05) is 44.3 Å². The molecule has 8 nitrogen and oxygen atoms in total. The van der Waals surface area contributed by atoms with E-state index in [1.54, 1.807) is 27.9 Å². The number of fused-ring (bicyclic) bond motifs is 1. The lowest BCUT2D eigenvalue weighted by molar-refractivity contribution is -0.0241. The zero-order valence-electron chi connectivity index (χ0n) is 16.8. The van der Waals surface area contributed by atoms with Gasteiger partial charge in [-0.2, -0.15) is 0 Å². The third kappa shape index (κ3) is 3.25. The third-order valence-electron chi connectivity index (χ3n) is 5.38. The number of carbonyl (C=O) groups excluding carboxylic acids is 1. The van der Waals surface area contributed by atoms with Crippen LogP contribution in [0, 0.1) is 13.8 Å². The van der Waals surface area contributed by atoms with Gasteiger partial charge in [-0.05, 0) is 43.7 Å². The molecule has 0 saturated carbocycles. The standard InChI is InChI=1S/C22H21N5O3/c1-14-11-18(15(2)30-14)22(28)26-9-10-29-20(13-26)21-19-4-3-17(12-27(19)25-24-21)16-5-7-23-8-6-16/h3-8,11-12,20H,9-10,13H2,1-2H3/t20-/m0/s1. The summed E-state index contributed by atoms with van der Waals surface area (Å²) >= 11 is 0. The number of aromatic nitrogens is 4. The van der Waals surface area contributed by atoms with Crippen molar-refractivity contribution in [1.82, 2.24) is 24.7 Å². The first-order valence-corrected chi connectivity index (χ1v) is 9.83. The van der Waals surface area contributed by atoms with Crippen molar-refractivity contribution in [3.63, 3.8) is 0 Å². The average Bonchev–Trinajstić information content (AvgIpc) is 3.35. The molecule has 8 heteroatoms. The van der Waals surface area contributed by atoms with Gasteiger partial charge in [0.05, 0.1) is 24.2 Å². The van der Waals surface area contributed by atoms with Gasteiger partial charge in [0, 0.05) is 30.7 Å². The van der Waals surface area contributed by atoms with Gasteiger partial charge in [0.2, 0.25) is 0 Å². The number of morpholine rings is 1. The summed E-state index contributed by atoms with van der Waals surface area (Å²) in [6.45, 7) is 5.05. The van der Waals surface area contributed by atoms with Crippen molar-refractivity contribution >= 4 is 11.4 Å². The van der Waals surface area contributed by atoms with Gasteiger partial charge in [-0.1, -0.05) is 11.3 Å². The first-order valence-electron chi connectivity index (χ1n) is 9.83. The third-order valence-corrected chi connectivity index (χ3v) is 5.38. The largest absolute Gasteiger partial charge is 0.466 e. The minimum absolute atomic E-state index is 0.0471. The fourth-order valence-corrected chi connectivity index (χ4v) is 3.87. The SMILES string of the molecule is Cc1cc(C(=O)N2CCO[C@H](c3nnn4cc(-c5ccncc5)ccc34)C2)c(C)o1. The molecule has 0 radical (unpaired) electrons. The summed E-state index contributed by atoms with van der Waals surface area (Å²) in [6, 6.07) is 9.70. The summed E-state index contributed by atoms with van der Waals surface area (Å²) in [7, 11) is 0. The molecule has 5 heterocycles. The number of nitrogens with zero attached hydrogens (tertiary/aromatic N) is 5. The van der Waals surface area contributed by atoms with Gasteiger partial charge in [-0.3, -0.25) is 9.78 Å². The first-order chi connectivity index (χ1) is 14.6. The van der Waals surface area contributed by atoms with E-state index < -0.39 is 0 Å². The highest BCUT2D eigenvalue weighted by Crippen LogP contribution is 2.27. The van der Waals surface area contributed by atoms with E-state index >= 15 is 0 Å². The second-order valence-corrected chi connectivity index (χ2v) is 7.40. The predicted octanol–water partition coefficient (Wildman–Crippen LogP) is 3.21. The van der Waals surface area contributed by atoms with Crippen molar-refractivity contribution in [2.45, 2.75) is 20.0 Å². The van der Waals surface area contributed by atoms with Crippen LogP contribution in [0.2, 0.25) is 0 Å². The number of amides is 1. The number of hydrogen-bond donors (Lipinski definition) is 0. The Morgan fingerprint density at radius 3 is 2.73 bits per heavy atom. The van der Waals surface area contributed by atoms with Gasteiger partial charge in [0.1, 0.15) is 23.3 Å². The smallest absolute Gasteiger partial charge is 0.257 e. The maximum absolute atomic E-state index is 13.0. The lowest BCUT2D eigenvalue weighted by Crippen LogP contribution is -2.42. The topological polar surface area (TPSA) is 85.8 Å². The summed E-state index contributed by atoms with van der Waals surface area (Å²) in [5, 5.41) is 8.64. The fraction of sp³-hybridized carbons (Fsp3) is 0.273. The second kappa shape index (κ2) is 7.38. The van der Waals surface area contributed by atoms with Crippen molar-refractivity contribution in [2.75, 3.05) is 19.7 Å². The van der Waals surface area contributed by atoms with Crippen LogP contribution in [0.3, 0.4) is 0 Å². The zero-order valence-corrected chi connectivity index (χ0v) is 16.8. The van der Waals surface area contributed by atoms with Crippen LogP contribution in [0.1, 0.15) is 33.7 Å². The van der Waals surface area contributed by atoms with E-state index in [1.165, 1.54) is 0 Å². The summed E-state index contributed by atoms with van der Waals surface area (Å²) in [5.74, 6) is 1.32. The molecule has 0 spiro atoms. The summed E-state index contributed by atoms with van der Waals surface area (Å²) in [4.78, 5) is 18.8. The quantitative estimate of drug-likeness (QED) is 0.522. The van der Waals surface area contributed by atoms with Crippen molar-refractivity contribution in [2.24, 2.45) is 0 Å². The highest BCUT2D eigenvalue weighted by Gasteiger charge is 2.30. The van der Waals surface area contributed by atoms with Crippen LogP contribution in [0.4, 0.5) is 0 Å². The van der Waals surface area contributed by atoms with Crippen LogP contribution in [0.5, 0.6) is 0 Å². The number of ether oxygens (including phenoxy) is 1. The van der Waals surface area contributed by atoms with Gasteiger partial charge in [-0.25, -0.2) is 4.52 Å². The van der Waals surface area contributed by atoms with Gasteiger partial charge >= 0.3 is 0 Å². The first kappa shape index (κ1) is 18.5. The van der Waals surface area contributed by atoms with E-state index in [0.717, 1.165) is 28.1 Å². The number of aryl methyl sites for hydroxylation is 2. The molecule has 4 aromatic heterocycles. The van der Waals surface area contributed by atoms with E-state index in [9.17, 15) is 4.79 Å². The maximum Gasteiger partial charge on any atom is 0.257 e. The van der Waals surface area contributed by atoms with Gasteiger partial charge in [0.15, 0.2) is 0 Å². The minimum atomic E-state index is -0.333. The van der Waals surface area contributed by atoms with Crippen LogP contribution >= 0.6 is 0 Å². The van der Waals surface area contributed by atoms with Crippen molar-refractivity contribution in [1.29, 1.82) is 0 Å². The molecule has 152 valence electrons. The molecule has 4 aromatic rings. The number of hydrogen-bond acceptors (Lipinski definition) is 6. The molecule has 0 aromatic carbocycles. The van der Waals surface area contributed by atoms with E-state index in [0.29, 0.717) is 31.0 Å². The van der Waals surface area contributed by atoms with Crippen molar-refractivity contribution in [3.8, 4) is 11.1 Å². The Morgan fingerprint density at radius 1 is 1.13 bits per heavy atom. The molecule has 0 bridgehead atoms. The molecule has 30 heavy (non-hydrogen) atoms. The fourth-order valence-electron chi connectivity index (χ4n) is 3.87. The number of carbonyl (C=O) groups is 1. The second-order valence-electron chi connectivity index (χ2n) is 7.40. The Kier molecular flexibility index (Phi) is 4.55. The molecule has 1 aliphatic heterocycles. The zero-order chi connectivity index (χ0) is 20.7. The Morgan fingerprint density at radius 2 is 1.97 bits per heavy atom. The lowest BCUT2D eigenvalue weighted by Gasteiger charge is -2.32. The van der Waals surface area contributed by atoms with E-state index in [4.69, 9.17) is 9.15 Å². The monoisotopic (exact) mass is 403 g/mol. The molecule has 5 rings (SSSR count). The minimum Gasteiger partial charge on any atom is -0.466 e. The Bertz CT molecular complexity index is 1210. The number of furan rings is 1.